The molecule has 2 aliphatic rings. The third-order valence-electron chi connectivity index (χ3n) is 8.03. The zero-order valence-electron chi connectivity index (χ0n) is 24.7. The number of ether oxygens (including phenoxy) is 3. The highest BCUT2D eigenvalue weighted by Gasteiger charge is 2.43. The van der Waals surface area contributed by atoms with Crippen molar-refractivity contribution in [3.05, 3.63) is 77.6 Å². The van der Waals surface area contributed by atoms with Gasteiger partial charge in [-0.3, -0.25) is 19.2 Å². The van der Waals surface area contributed by atoms with Crippen LogP contribution in [0.4, 0.5) is 13.6 Å². The van der Waals surface area contributed by atoms with Gasteiger partial charge in [-0.2, -0.15) is 0 Å². The molecular weight excluding hydrogens is 608 g/mol. The number of amides is 2. The topological polar surface area (TPSA) is 162 Å². The molecule has 4 atom stereocenters. The maximum absolute atomic E-state index is 13.9. The Kier molecular flexibility index (Phi) is 9.64. The Hall–Kier alpha value is -5.27. The molecule has 3 aromatic rings. The highest BCUT2D eigenvalue weighted by atomic mass is 19.1. The molecule has 0 saturated carbocycles. The summed E-state index contributed by atoms with van der Waals surface area (Å²) in [7, 11) is 1.51. The number of hydrogen-bond acceptors (Lipinski definition) is 8. The minimum atomic E-state index is -1.59. The van der Waals surface area contributed by atoms with Gasteiger partial charge in [0, 0.05) is 30.9 Å². The number of para-hydroxylation sites is 1. The number of halogens is 2. The summed E-state index contributed by atoms with van der Waals surface area (Å²) in [6.45, 7) is -0.857. The second kappa shape index (κ2) is 13.8. The summed E-state index contributed by atoms with van der Waals surface area (Å²) >= 11 is 0. The van der Waals surface area contributed by atoms with Crippen LogP contribution in [0.2, 0.25) is 0 Å². The van der Waals surface area contributed by atoms with Gasteiger partial charge in [-0.25, -0.2) is 13.6 Å². The summed E-state index contributed by atoms with van der Waals surface area (Å²) in [5.41, 5.74) is 1.57. The van der Waals surface area contributed by atoms with E-state index in [4.69, 9.17) is 14.2 Å². The summed E-state index contributed by atoms with van der Waals surface area (Å²) in [5.74, 6) is -7.26. The summed E-state index contributed by atoms with van der Waals surface area (Å²) in [6, 6.07) is 8.99. The van der Waals surface area contributed by atoms with Gasteiger partial charge in [0.15, 0.2) is 23.2 Å². The molecule has 12 nitrogen and oxygen atoms in total. The molecule has 5 rings (SSSR count). The third-order valence-corrected chi connectivity index (χ3v) is 8.03. The van der Waals surface area contributed by atoms with E-state index in [1.807, 2.05) is 6.07 Å². The molecule has 4 unspecified atom stereocenters. The SMILES string of the molecule is COc1ccc(OC(=O)NC2CCc3ccn4c3C2C(=O)CC(C(=O)NC(CC(=O)O)C(=O)COc2c(F)cccc2F)C4)cc1. The van der Waals surface area contributed by atoms with Crippen LogP contribution in [0.5, 0.6) is 17.2 Å². The minimum absolute atomic E-state index is 0.0529. The van der Waals surface area contributed by atoms with Crippen LogP contribution in [0.1, 0.15) is 36.4 Å². The monoisotopic (exact) mass is 639 g/mol. The fourth-order valence-electron chi connectivity index (χ4n) is 5.83. The minimum Gasteiger partial charge on any atom is -0.497 e. The van der Waals surface area contributed by atoms with Gasteiger partial charge in [0.1, 0.15) is 29.9 Å². The molecule has 1 aliphatic heterocycles. The maximum Gasteiger partial charge on any atom is 0.412 e. The number of aryl methyl sites for hydroxylation is 1. The number of carboxylic acid groups (broad SMARTS) is 1. The molecule has 3 N–H and O–H groups in total. The quantitative estimate of drug-likeness (QED) is 0.286. The van der Waals surface area contributed by atoms with Crippen molar-refractivity contribution in [2.45, 2.75) is 50.2 Å². The Bertz CT molecular complexity index is 1640. The number of carbonyl (C=O) groups excluding carboxylic acids is 4. The zero-order chi connectivity index (χ0) is 33.0. The van der Waals surface area contributed by atoms with E-state index in [-0.39, 0.29) is 24.5 Å². The Morgan fingerprint density at radius 2 is 1.74 bits per heavy atom. The predicted molar refractivity (Wildman–Crippen MR) is 156 cm³/mol. The molecule has 0 radical (unpaired) electrons. The van der Waals surface area contributed by atoms with Crippen molar-refractivity contribution in [2.24, 2.45) is 5.92 Å². The number of benzene rings is 2. The van der Waals surface area contributed by atoms with Gasteiger partial charge in [-0.15, -0.1) is 0 Å². The van der Waals surface area contributed by atoms with Crippen molar-refractivity contribution >= 4 is 29.5 Å². The van der Waals surface area contributed by atoms with Gasteiger partial charge in [0.2, 0.25) is 5.91 Å². The molecule has 0 spiro atoms. The smallest absolute Gasteiger partial charge is 0.412 e. The third kappa shape index (κ3) is 7.16. The van der Waals surface area contributed by atoms with Gasteiger partial charge in [0.25, 0.3) is 0 Å². The number of rotatable bonds is 11. The maximum atomic E-state index is 13.9. The number of aromatic nitrogens is 1. The van der Waals surface area contributed by atoms with Gasteiger partial charge >= 0.3 is 12.1 Å². The molecule has 242 valence electrons. The average molecular weight is 640 g/mol. The van der Waals surface area contributed by atoms with Crippen molar-refractivity contribution < 1.29 is 52.1 Å². The summed E-state index contributed by atoms with van der Waals surface area (Å²) in [6.07, 6.45) is 0.918. The number of carboxylic acids is 1. The van der Waals surface area contributed by atoms with Crippen LogP contribution in [0.3, 0.4) is 0 Å². The van der Waals surface area contributed by atoms with Crippen LogP contribution >= 0.6 is 0 Å². The second-order valence-corrected chi connectivity index (χ2v) is 11.0. The molecule has 14 heteroatoms. The number of aliphatic carboxylic acids is 1. The van der Waals surface area contributed by atoms with Crippen molar-refractivity contribution in [2.75, 3.05) is 13.7 Å². The second-order valence-electron chi connectivity index (χ2n) is 11.0. The average Bonchev–Trinajstić information content (AvgIpc) is 3.35. The van der Waals surface area contributed by atoms with Crippen LogP contribution in [0.25, 0.3) is 0 Å². The number of hydrogen-bond donors (Lipinski definition) is 3. The molecule has 2 aromatic carbocycles. The summed E-state index contributed by atoms with van der Waals surface area (Å²) in [4.78, 5) is 64.3. The lowest BCUT2D eigenvalue weighted by Gasteiger charge is -2.31. The number of methoxy groups -OCH3 is 1. The summed E-state index contributed by atoms with van der Waals surface area (Å²) in [5, 5.41) is 14.6. The van der Waals surface area contributed by atoms with Crippen LogP contribution in [-0.4, -0.2) is 65.0 Å². The van der Waals surface area contributed by atoms with E-state index in [2.05, 4.69) is 10.6 Å². The molecule has 0 saturated heterocycles. The van der Waals surface area contributed by atoms with E-state index >= 15 is 0 Å². The largest absolute Gasteiger partial charge is 0.497 e. The standard InChI is InChI=1S/C32H31F2N3O9/c1-44-19-6-8-20(9-7-19)46-32(43)36-23-10-5-17-11-12-37-15-18(13-25(38)28(23)29(17)37)31(42)35-24(14-27(40)41)26(39)16-45-30-21(33)3-2-4-22(30)34/h2-4,6-9,11-12,18,23-24,28H,5,10,13-16H2,1H3,(H,35,42)(H,36,43)(H,40,41). The number of carbonyl (C=O) groups is 5. The molecular formula is C32H31F2N3O9. The molecule has 1 aliphatic carbocycles. The zero-order valence-corrected chi connectivity index (χ0v) is 24.7. The molecule has 2 heterocycles. The molecule has 46 heavy (non-hydrogen) atoms. The van der Waals surface area contributed by atoms with Crippen molar-refractivity contribution in [3.63, 3.8) is 0 Å². The fourth-order valence-corrected chi connectivity index (χ4v) is 5.83. The highest BCUT2D eigenvalue weighted by molar-refractivity contribution is 5.96. The molecule has 1 aromatic heterocycles. The number of ketones is 2. The van der Waals surface area contributed by atoms with Crippen LogP contribution < -0.4 is 24.8 Å². The van der Waals surface area contributed by atoms with Crippen LogP contribution in [0, 0.1) is 17.6 Å². The van der Waals surface area contributed by atoms with Gasteiger partial charge < -0.3 is 34.5 Å². The Labute approximate surface area is 261 Å². The normalized spacial score (nSPS) is 19.2. The van der Waals surface area contributed by atoms with E-state index in [1.54, 1.807) is 35.0 Å². The Balaban J connectivity index is 1.27. The fraction of sp³-hybridized carbons (Fsp3) is 0.344. The van der Waals surface area contributed by atoms with Gasteiger partial charge in [-0.1, -0.05) is 6.07 Å². The van der Waals surface area contributed by atoms with Crippen molar-refractivity contribution in [3.8, 4) is 17.2 Å². The molecule has 0 fully saturated rings. The molecule has 0 bridgehead atoms. The Morgan fingerprint density at radius 3 is 2.41 bits per heavy atom. The molecule has 2 amide bonds. The first-order valence-corrected chi connectivity index (χ1v) is 14.5. The number of nitrogens with zero attached hydrogens (tertiary/aromatic N) is 1. The van der Waals surface area contributed by atoms with Crippen molar-refractivity contribution in [1.82, 2.24) is 15.2 Å². The first kappa shape index (κ1) is 32.1. The first-order chi connectivity index (χ1) is 22.0. The highest BCUT2D eigenvalue weighted by Crippen LogP contribution is 2.38. The lowest BCUT2D eigenvalue weighted by Crippen LogP contribution is -2.47. The number of Topliss-reactive ketones (excluding diaryl/α,β-unsaturated/α-hetero) is 2. The van der Waals surface area contributed by atoms with E-state index in [0.29, 0.717) is 24.3 Å². The lowest BCUT2D eigenvalue weighted by molar-refractivity contribution is -0.141. The number of nitrogens with one attached hydrogen (secondary N) is 2. The van der Waals surface area contributed by atoms with Gasteiger partial charge in [-0.05, 0) is 60.9 Å². The van der Waals surface area contributed by atoms with Crippen LogP contribution in [0.15, 0.2) is 54.7 Å². The predicted octanol–water partition coefficient (Wildman–Crippen LogP) is 3.16. The van der Waals surface area contributed by atoms with Crippen molar-refractivity contribution in [1.29, 1.82) is 0 Å². The summed E-state index contributed by atoms with van der Waals surface area (Å²) < 4.78 is 45.1. The van der Waals surface area contributed by atoms with E-state index in [0.717, 1.165) is 23.8 Å². The van der Waals surface area contributed by atoms with Gasteiger partial charge in [0.05, 0.1) is 25.4 Å². The first-order valence-electron chi connectivity index (χ1n) is 14.5. The van der Waals surface area contributed by atoms with Crippen LogP contribution in [-0.2, 0) is 32.1 Å². The van der Waals surface area contributed by atoms with E-state index in [1.165, 1.54) is 7.11 Å². The Morgan fingerprint density at radius 1 is 1.04 bits per heavy atom. The van der Waals surface area contributed by atoms with E-state index in [9.17, 15) is 37.9 Å². The van der Waals surface area contributed by atoms with E-state index < -0.39 is 78.1 Å². The lowest BCUT2D eigenvalue weighted by atomic mass is 9.79.